The van der Waals surface area contributed by atoms with Crippen molar-refractivity contribution in [1.82, 2.24) is 25.6 Å². The van der Waals surface area contributed by atoms with E-state index in [1.807, 2.05) is 51.2 Å². The number of ether oxygens (including phenoxy) is 1. The molecule has 1 aromatic carbocycles. The maximum absolute atomic E-state index is 5.35. The third kappa shape index (κ3) is 5.66. The standard InChI is InChI=1S/C21H27N7OS/c1-5-22-21(30)28-19(27-20-25-13(2)10-14(3)26-20)23-9-8-15-12-24-18-7-6-16(29-4)11-17(15)18/h6-7,10-12,24H,5,8-9H2,1-4H3,(H3,22,23,25,26,27,28,30). The lowest BCUT2D eigenvalue weighted by Gasteiger charge is -2.13. The van der Waals surface area contributed by atoms with Crippen LogP contribution in [0.25, 0.3) is 10.9 Å². The van der Waals surface area contributed by atoms with E-state index in [-0.39, 0.29) is 0 Å². The Kier molecular flexibility index (Phi) is 7.18. The van der Waals surface area contributed by atoms with Crippen LogP contribution >= 0.6 is 12.2 Å². The van der Waals surface area contributed by atoms with Gasteiger partial charge in [0.05, 0.1) is 7.11 Å². The summed E-state index contributed by atoms with van der Waals surface area (Å²) in [5, 5.41) is 10.9. The number of nitrogens with zero attached hydrogens (tertiary/aromatic N) is 3. The molecule has 0 aliphatic carbocycles. The molecule has 158 valence electrons. The van der Waals surface area contributed by atoms with Crippen molar-refractivity contribution in [2.45, 2.75) is 27.2 Å². The number of anilines is 1. The van der Waals surface area contributed by atoms with Gasteiger partial charge in [-0.2, -0.15) is 0 Å². The summed E-state index contributed by atoms with van der Waals surface area (Å²) in [6.45, 7) is 7.11. The molecule has 0 spiro atoms. The number of hydrogen-bond acceptors (Lipinski definition) is 5. The fraction of sp³-hybridized carbons (Fsp3) is 0.333. The van der Waals surface area contributed by atoms with Crippen molar-refractivity contribution < 1.29 is 4.74 Å². The lowest BCUT2D eigenvalue weighted by atomic mass is 10.1. The van der Waals surface area contributed by atoms with Crippen molar-refractivity contribution in [2.24, 2.45) is 4.99 Å². The lowest BCUT2D eigenvalue weighted by molar-refractivity contribution is 0.415. The number of fused-ring (bicyclic) bond motifs is 1. The summed E-state index contributed by atoms with van der Waals surface area (Å²) in [6.07, 6.45) is 2.76. The summed E-state index contributed by atoms with van der Waals surface area (Å²) in [7, 11) is 1.67. The Morgan fingerprint density at radius 2 is 1.97 bits per heavy atom. The van der Waals surface area contributed by atoms with Gasteiger partial charge in [-0.1, -0.05) is 0 Å². The van der Waals surface area contributed by atoms with Crippen molar-refractivity contribution in [2.75, 3.05) is 25.5 Å². The molecule has 0 amide bonds. The zero-order chi connectivity index (χ0) is 21.5. The quantitative estimate of drug-likeness (QED) is 0.274. The Morgan fingerprint density at radius 3 is 2.67 bits per heavy atom. The number of aryl methyl sites for hydroxylation is 2. The molecule has 9 heteroatoms. The van der Waals surface area contributed by atoms with Gasteiger partial charge in [0.1, 0.15) is 5.75 Å². The highest BCUT2D eigenvalue weighted by Crippen LogP contribution is 2.23. The zero-order valence-electron chi connectivity index (χ0n) is 17.7. The van der Waals surface area contributed by atoms with Crippen LogP contribution in [-0.2, 0) is 6.42 Å². The monoisotopic (exact) mass is 425 g/mol. The van der Waals surface area contributed by atoms with Crippen molar-refractivity contribution in [3.8, 4) is 5.75 Å². The second-order valence-corrected chi connectivity index (χ2v) is 7.20. The normalized spacial score (nSPS) is 11.4. The van der Waals surface area contributed by atoms with Crippen LogP contribution in [-0.4, -0.2) is 46.2 Å². The summed E-state index contributed by atoms with van der Waals surface area (Å²) in [5.41, 5.74) is 4.00. The van der Waals surface area contributed by atoms with Crippen LogP contribution in [0.2, 0.25) is 0 Å². The maximum Gasteiger partial charge on any atom is 0.229 e. The van der Waals surface area contributed by atoms with Crippen LogP contribution in [0, 0.1) is 13.8 Å². The summed E-state index contributed by atoms with van der Waals surface area (Å²) in [4.78, 5) is 16.8. The van der Waals surface area contributed by atoms with E-state index in [0.29, 0.717) is 23.6 Å². The number of nitrogens with one attached hydrogen (secondary N) is 4. The summed E-state index contributed by atoms with van der Waals surface area (Å²) < 4.78 is 5.35. The maximum atomic E-state index is 5.35. The summed E-state index contributed by atoms with van der Waals surface area (Å²) >= 11 is 5.32. The van der Waals surface area contributed by atoms with Gasteiger partial charge < -0.3 is 20.4 Å². The van der Waals surface area contributed by atoms with Crippen molar-refractivity contribution in [1.29, 1.82) is 0 Å². The fourth-order valence-electron chi connectivity index (χ4n) is 3.09. The summed E-state index contributed by atoms with van der Waals surface area (Å²) in [5.74, 6) is 1.82. The fourth-order valence-corrected chi connectivity index (χ4v) is 3.33. The second kappa shape index (κ2) is 10.0. The molecule has 3 aromatic rings. The molecule has 0 aliphatic rings. The molecule has 4 N–H and O–H groups in total. The highest BCUT2D eigenvalue weighted by molar-refractivity contribution is 7.80. The molecule has 0 atom stereocenters. The van der Waals surface area contributed by atoms with Crippen molar-refractivity contribution >= 4 is 40.1 Å². The molecule has 0 fully saturated rings. The Morgan fingerprint density at radius 1 is 1.20 bits per heavy atom. The minimum Gasteiger partial charge on any atom is -0.497 e. The highest BCUT2D eigenvalue weighted by Gasteiger charge is 2.08. The van der Waals surface area contributed by atoms with Gasteiger partial charge in [-0.3, -0.25) is 10.3 Å². The van der Waals surface area contributed by atoms with Gasteiger partial charge in [-0.15, -0.1) is 0 Å². The molecule has 2 aromatic heterocycles. The molecular formula is C21H27N7OS. The van der Waals surface area contributed by atoms with Crippen LogP contribution < -0.4 is 20.7 Å². The van der Waals surface area contributed by atoms with Gasteiger partial charge in [-0.05, 0) is 69.2 Å². The predicted octanol–water partition coefficient (Wildman–Crippen LogP) is 3.08. The number of aliphatic imine (C=N–C) groups is 1. The largest absolute Gasteiger partial charge is 0.497 e. The Balaban J connectivity index is 1.76. The van der Waals surface area contributed by atoms with Gasteiger partial charge in [0.15, 0.2) is 5.11 Å². The van der Waals surface area contributed by atoms with E-state index in [0.717, 1.165) is 41.0 Å². The number of hydrogen-bond donors (Lipinski definition) is 4. The van der Waals surface area contributed by atoms with E-state index in [4.69, 9.17) is 17.0 Å². The molecule has 8 nitrogen and oxygen atoms in total. The van der Waals surface area contributed by atoms with Gasteiger partial charge in [0, 0.05) is 41.6 Å². The Bertz CT molecular complexity index is 1040. The van der Waals surface area contributed by atoms with E-state index in [1.54, 1.807) is 7.11 Å². The van der Waals surface area contributed by atoms with Crippen LogP contribution in [0.5, 0.6) is 5.75 Å². The van der Waals surface area contributed by atoms with E-state index in [1.165, 1.54) is 5.56 Å². The van der Waals surface area contributed by atoms with Crippen LogP contribution in [0.3, 0.4) is 0 Å². The molecule has 0 radical (unpaired) electrons. The SMILES string of the molecule is CCNC(=S)NC(=NCCc1c[nH]c2ccc(OC)cc12)Nc1nc(C)cc(C)n1. The molecule has 0 saturated carbocycles. The first-order valence-electron chi connectivity index (χ1n) is 9.81. The Labute approximate surface area is 181 Å². The first-order chi connectivity index (χ1) is 14.5. The molecule has 0 aliphatic heterocycles. The number of aromatic amines is 1. The van der Waals surface area contributed by atoms with Crippen LogP contribution in [0.15, 0.2) is 35.5 Å². The van der Waals surface area contributed by atoms with Gasteiger partial charge >= 0.3 is 0 Å². The number of thiocarbonyl (C=S) groups is 1. The minimum atomic E-state index is 0.481. The third-order valence-electron chi connectivity index (χ3n) is 4.41. The average Bonchev–Trinajstić information content (AvgIpc) is 3.09. The van der Waals surface area contributed by atoms with E-state index >= 15 is 0 Å². The molecule has 30 heavy (non-hydrogen) atoms. The van der Waals surface area contributed by atoms with Crippen molar-refractivity contribution in [3.63, 3.8) is 0 Å². The first kappa shape index (κ1) is 21.5. The average molecular weight is 426 g/mol. The number of benzene rings is 1. The number of methoxy groups -OCH3 is 1. The molecule has 0 saturated heterocycles. The second-order valence-electron chi connectivity index (χ2n) is 6.79. The van der Waals surface area contributed by atoms with Gasteiger partial charge in [0.25, 0.3) is 0 Å². The topological polar surface area (TPSA) is 99.2 Å². The zero-order valence-corrected chi connectivity index (χ0v) is 18.5. The van der Waals surface area contributed by atoms with Crippen molar-refractivity contribution in [3.05, 3.63) is 47.4 Å². The molecule has 0 unspecified atom stereocenters. The molecular weight excluding hydrogens is 398 g/mol. The lowest BCUT2D eigenvalue weighted by Crippen LogP contribution is -2.42. The molecule has 3 rings (SSSR count). The molecule has 2 heterocycles. The van der Waals surface area contributed by atoms with E-state index < -0.39 is 0 Å². The minimum absolute atomic E-state index is 0.481. The van der Waals surface area contributed by atoms with E-state index in [2.05, 4.69) is 35.9 Å². The number of rotatable bonds is 6. The van der Waals surface area contributed by atoms with E-state index in [9.17, 15) is 0 Å². The van der Waals surface area contributed by atoms with Crippen LogP contribution in [0.1, 0.15) is 23.9 Å². The number of H-pyrrole nitrogens is 1. The number of guanidine groups is 1. The first-order valence-corrected chi connectivity index (χ1v) is 10.2. The van der Waals surface area contributed by atoms with Crippen LogP contribution in [0.4, 0.5) is 5.95 Å². The predicted molar refractivity (Wildman–Crippen MR) is 125 cm³/mol. The number of aromatic nitrogens is 3. The van der Waals surface area contributed by atoms with Gasteiger partial charge in [0.2, 0.25) is 11.9 Å². The highest BCUT2D eigenvalue weighted by atomic mass is 32.1. The third-order valence-corrected chi connectivity index (χ3v) is 4.65. The smallest absolute Gasteiger partial charge is 0.229 e. The molecule has 0 bridgehead atoms. The Hall–Kier alpha value is -3.20. The van der Waals surface area contributed by atoms with Gasteiger partial charge in [-0.25, -0.2) is 9.97 Å². The summed E-state index contributed by atoms with van der Waals surface area (Å²) in [6, 6.07) is 7.91.